The van der Waals surface area contributed by atoms with Gasteiger partial charge in [-0.05, 0) is 43.6 Å². The molecule has 0 saturated carbocycles. The SMILES string of the molecule is C#CCOc1cc(CNC(=O)C2CCNCC2)ccc1OC. The van der Waals surface area contributed by atoms with E-state index in [-0.39, 0.29) is 18.4 Å². The monoisotopic (exact) mass is 302 g/mol. The number of terminal acetylenes is 1. The summed E-state index contributed by atoms with van der Waals surface area (Å²) in [5.74, 6) is 3.87. The lowest BCUT2D eigenvalue weighted by Gasteiger charge is -2.21. The Hall–Kier alpha value is -2.19. The van der Waals surface area contributed by atoms with Crippen molar-refractivity contribution in [3.05, 3.63) is 23.8 Å². The molecule has 0 bridgehead atoms. The normalized spacial score (nSPS) is 14.9. The van der Waals surface area contributed by atoms with Crippen LogP contribution in [-0.4, -0.2) is 32.7 Å². The fraction of sp³-hybridized carbons (Fsp3) is 0.471. The first kappa shape index (κ1) is 16.2. The van der Waals surface area contributed by atoms with Crippen molar-refractivity contribution in [2.24, 2.45) is 5.92 Å². The molecule has 0 aliphatic carbocycles. The molecule has 0 aromatic heterocycles. The summed E-state index contributed by atoms with van der Waals surface area (Å²) in [6.45, 7) is 2.47. The van der Waals surface area contributed by atoms with Gasteiger partial charge in [0.15, 0.2) is 11.5 Å². The average Bonchev–Trinajstić information content (AvgIpc) is 2.58. The number of methoxy groups -OCH3 is 1. The van der Waals surface area contributed by atoms with Gasteiger partial charge >= 0.3 is 0 Å². The van der Waals surface area contributed by atoms with Gasteiger partial charge in [-0.15, -0.1) is 6.42 Å². The predicted molar refractivity (Wildman–Crippen MR) is 84.8 cm³/mol. The highest BCUT2D eigenvalue weighted by atomic mass is 16.5. The van der Waals surface area contributed by atoms with Crippen LogP contribution in [0.25, 0.3) is 0 Å². The Morgan fingerprint density at radius 3 is 2.86 bits per heavy atom. The van der Waals surface area contributed by atoms with E-state index in [2.05, 4.69) is 16.6 Å². The van der Waals surface area contributed by atoms with Gasteiger partial charge in [0.05, 0.1) is 7.11 Å². The van der Waals surface area contributed by atoms with E-state index in [0.717, 1.165) is 31.5 Å². The quantitative estimate of drug-likeness (QED) is 0.778. The summed E-state index contributed by atoms with van der Waals surface area (Å²) in [4.78, 5) is 12.1. The van der Waals surface area contributed by atoms with E-state index in [4.69, 9.17) is 15.9 Å². The van der Waals surface area contributed by atoms with Gasteiger partial charge in [-0.25, -0.2) is 0 Å². The number of piperidine rings is 1. The molecule has 5 heteroatoms. The van der Waals surface area contributed by atoms with Crippen molar-refractivity contribution >= 4 is 5.91 Å². The van der Waals surface area contributed by atoms with Gasteiger partial charge in [0.1, 0.15) is 6.61 Å². The predicted octanol–water partition coefficient (Wildman–Crippen LogP) is 1.32. The van der Waals surface area contributed by atoms with Crippen molar-refractivity contribution in [2.45, 2.75) is 19.4 Å². The first-order valence-corrected chi connectivity index (χ1v) is 7.46. The van der Waals surface area contributed by atoms with E-state index in [1.165, 1.54) is 0 Å². The van der Waals surface area contributed by atoms with Crippen molar-refractivity contribution in [3.8, 4) is 23.8 Å². The van der Waals surface area contributed by atoms with E-state index < -0.39 is 0 Å². The van der Waals surface area contributed by atoms with Crippen LogP contribution in [0.3, 0.4) is 0 Å². The molecule has 1 saturated heterocycles. The molecule has 0 atom stereocenters. The molecule has 0 spiro atoms. The lowest BCUT2D eigenvalue weighted by molar-refractivity contribution is -0.125. The smallest absolute Gasteiger partial charge is 0.223 e. The van der Waals surface area contributed by atoms with Crippen LogP contribution in [0.5, 0.6) is 11.5 Å². The fourth-order valence-electron chi connectivity index (χ4n) is 2.48. The zero-order chi connectivity index (χ0) is 15.8. The van der Waals surface area contributed by atoms with E-state index in [9.17, 15) is 4.79 Å². The van der Waals surface area contributed by atoms with Crippen LogP contribution >= 0.6 is 0 Å². The van der Waals surface area contributed by atoms with Crippen molar-refractivity contribution in [2.75, 3.05) is 26.8 Å². The first-order chi connectivity index (χ1) is 10.7. The number of carbonyl (C=O) groups is 1. The summed E-state index contributed by atoms with van der Waals surface area (Å²) in [7, 11) is 1.58. The van der Waals surface area contributed by atoms with Crippen molar-refractivity contribution in [1.82, 2.24) is 10.6 Å². The summed E-state index contributed by atoms with van der Waals surface area (Å²) in [6.07, 6.45) is 7.00. The van der Waals surface area contributed by atoms with Crippen molar-refractivity contribution in [1.29, 1.82) is 0 Å². The third-order valence-electron chi connectivity index (χ3n) is 3.72. The number of carbonyl (C=O) groups excluding carboxylic acids is 1. The Kier molecular flexibility index (Phi) is 6.11. The number of ether oxygens (including phenoxy) is 2. The summed E-state index contributed by atoms with van der Waals surface area (Å²) in [6, 6.07) is 5.57. The molecule has 2 rings (SSSR count). The molecule has 1 amide bonds. The summed E-state index contributed by atoms with van der Waals surface area (Å²) in [5, 5.41) is 6.24. The van der Waals surface area contributed by atoms with E-state index in [1.54, 1.807) is 7.11 Å². The number of rotatable bonds is 6. The van der Waals surface area contributed by atoms with Crippen LogP contribution in [0, 0.1) is 18.3 Å². The first-order valence-electron chi connectivity index (χ1n) is 7.46. The van der Waals surface area contributed by atoms with Crippen molar-refractivity contribution < 1.29 is 14.3 Å². The number of nitrogens with one attached hydrogen (secondary N) is 2. The molecular formula is C17H22N2O3. The second kappa shape index (κ2) is 8.30. The maximum Gasteiger partial charge on any atom is 0.223 e. The second-order valence-electron chi connectivity index (χ2n) is 5.22. The zero-order valence-corrected chi connectivity index (χ0v) is 12.9. The highest BCUT2D eigenvalue weighted by Gasteiger charge is 2.20. The summed E-state index contributed by atoms with van der Waals surface area (Å²) < 4.78 is 10.7. The van der Waals surface area contributed by atoms with Crippen LogP contribution in [0.1, 0.15) is 18.4 Å². The molecule has 22 heavy (non-hydrogen) atoms. The molecule has 5 nitrogen and oxygen atoms in total. The number of hydrogen-bond donors (Lipinski definition) is 2. The Bertz CT molecular complexity index is 545. The average molecular weight is 302 g/mol. The molecule has 1 aromatic carbocycles. The van der Waals surface area contributed by atoms with E-state index in [1.807, 2.05) is 18.2 Å². The zero-order valence-electron chi connectivity index (χ0n) is 12.9. The fourth-order valence-corrected chi connectivity index (χ4v) is 2.48. The van der Waals surface area contributed by atoms with Crippen LogP contribution < -0.4 is 20.1 Å². The third kappa shape index (κ3) is 4.40. The topological polar surface area (TPSA) is 59.6 Å². The minimum Gasteiger partial charge on any atom is -0.493 e. The van der Waals surface area contributed by atoms with Crippen LogP contribution in [0.15, 0.2) is 18.2 Å². The minimum absolute atomic E-state index is 0.108. The molecule has 1 fully saturated rings. The number of amides is 1. The standard InChI is InChI=1S/C17H22N2O3/c1-3-10-22-16-11-13(4-5-15(16)21-2)12-19-17(20)14-6-8-18-9-7-14/h1,4-5,11,14,18H,6-10,12H2,2H3,(H,19,20). The Morgan fingerprint density at radius 2 is 2.18 bits per heavy atom. The molecule has 1 heterocycles. The minimum atomic E-state index is 0.108. The van der Waals surface area contributed by atoms with E-state index in [0.29, 0.717) is 18.0 Å². The maximum atomic E-state index is 12.1. The highest BCUT2D eigenvalue weighted by molar-refractivity contribution is 5.78. The molecule has 1 aromatic rings. The molecular weight excluding hydrogens is 280 g/mol. The number of hydrogen-bond acceptors (Lipinski definition) is 4. The Morgan fingerprint density at radius 1 is 1.41 bits per heavy atom. The third-order valence-corrected chi connectivity index (χ3v) is 3.72. The largest absolute Gasteiger partial charge is 0.493 e. The van der Waals surface area contributed by atoms with Gasteiger partial charge in [0.2, 0.25) is 5.91 Å². The molecule has 1 aliphatic rings. The summed E-state index contributed by atoms with van der Waals surface area (Å²) >= 11 is 0. The lowest BCUT2D eigenvalue weighted by Crippen LogP contribution is -2.37. The van der Waals surface area contributed by atoms with Crippen molar-refractivity contribution in [3.63, 3.8) is 0 Å². The van der Waals surface area contributed by atoms with E-state index >= 15 is 0 Å². The van der Waals surface area contributed by atoms with Crippen LogP contribution in [0.2, 0.25) is 0 Å². The molecule has 118 valence electrons. The van der Waals surface area contributed by atoms with Gasteiger partial charge in [0, 0.05) is 12.5 Å². The molecule has 0 unspecified atom stereocenters. The molecule has 0 radical (unpaired) electrons. The lowest BCUT2D eigenvalue weighted by atomic mass is 9.97. The van der Waals surface area contributed by atoms with Gasteiger partial charge in [-0.3, -0.25) is 4.79 Å². The van der Waals surface area contributed by atoms with Gasteiger partial charge < -0.3 is 20.1 Å². The molecule has 2 N–H and O–H groups in total. The highest BCUT2D eigenvalue weighted by Crippen LogP contribution is 2.28. The summed E-state index contributed by atoms with van der Waals surface area (Å²) in [5.41, 5.74) is 0.954. The second-order valence-corrected chi connectivity index (χ2v) is 5.22. The van der Waals surface area contributed by atoms with Gasteiger partial charge in [0.25, 0.3) is 0 Å². The Balaban J connectivity index is 1.94. The Labute approximate surface area is 131 Å². The molecule has 1 aliphatic heterocycles. The van der Waals surface area contributed by atoms with Gasteiger partial charge in [-0.1, -0.05) is 12.0 Å². The van der Waals surface area contributed by atoms with Gasteiger partial charge in [-0.2, -0.15) is 0 Å². The maximum absolute atomic E-state index is 12.1. The van der Waals surface area contributed by atoms with Crippen LogP contribution in [-0.2, 0) is 11.3 Å². The van der Waals surface area contributed by atoms with Crippen LogP contribution in [0.4, 0.5) is 0 Å². The number of benzene rings is 1.